The van der Waals surface area contributed by atoms with E-state index in [1.165, 1.54) is 12.1 Å². The molecule has 5 nitrogen and oxygen atoms in total. The molecule has 0 aliphatic rings. The summed E-state index contributed by atoms with van der Waals surface area (Å²) >= 11 is 0. The standard InChI is InChI=1S/C16H18N2O3/c1-3-14(17)13-6-4-5-7-15(13)21-16-10-12(18(19)20)9-8-11(16)2/h4-10,14H,3,17H2,1-2H3/t14-/m0/s1. The van der Waals surface area contributed by atoms with Gasteiger partial charge in [0.1, 0.15) is 11.5 Å². The number of para-hydroxylation sites is 1. The SMILES string of the molecule is CC[C@H](N)c1ccccc1Oc1cc([N+](=O)[O-])ccc1C. The van der Waals surface area contributed by atoms with Crippen LogP contribution in [0.1, 0.15) is 30.5 Å². The molecule has 0 bridgehead atoms. The van der Waals surface area contributed by atoms with E-state index in [1.54, 1.807) is 6.07 Å². The zero-order chi connectivity index (χ0) is 15.4. The molecule has 0 saturated carbocycles. The summed E-state index contributed by atoms with van der Waals surface area (Å²) in [6.45, 7) is 3.85. The van der Waals surface area contributed by atoms with E-state index in [9.17, 15) is 10.1 Å². The Morgan fingerprint density at radius 3 is 2.62 bits per heavy atom. The van der Waals surface area contributed by atoms with Gasteiger partial charge in [0.05, 0.1) is 11.0 Å². The summed E-state index contributed by atoms with van der Waals surface area (Å²) in [7, 11) is 0. The van der Waals surface area contributed by atoms with Crippen LogP contribution in [0.3, 0.4) is 0 Å². The molecule has 0 saturated heterocycles. The number of nitro groups is 1. The Balaban J connectivity index is 2.38. The van der Waals surface area contributed by atoms with Crippen LogP contribution in [0.2, 0.25) is 0 Å². The molecule has 110 valence electrons. The molecule has 0 spiro atoms. The zero-order valence-electron chi connectivity index (χ0n) is 12.1. The molecule has 0 aliphatic carbocycles. The number of non-ortho nitro benzene ring substituents is 1. The van der Waals surface area contributed by atoms with Gasteiger partial charge in [0.25, 0.3) is 5.69 Å². The molecule has 21 heavy (non-hydrogen) atoms. The van der Waals surface area contributed by atoms with Crippen LogP contribution in [-0.4, -0.2) is 4.92 Å². The number of aryl methyl sites for hydroxylation is 1. The van der Waals surface area contributed by atoms with Gasteiger partial charge in [-0.1, -0.05) is 25.1 Å². The highest BCUT2D eigenvalue weighted by atomic mass is 16.6. The number of hydrogen-bond acceptors (Lipinski definition) is 4. The summed E-state index contributed by atoms with van der Waals surface area (Å²) in [5.74, 6) is 1.11. The lowest BCUT2D eigenvalue weighted by Gasteiger charge is -2.16. The maximum Gasteiger partial charge on any atom is 0.273 e. The minimum atomic E-state index is -0.435. The lowest BCUT2D eigenvalue weighted by Crippen LogP contribution is -2.09. The quantitative estimate of drug-likeness (QED) is 0.662. The van der Waals surface area contributed by atoms with Crippen molar-refractivity contribution in [3.63, 3.8) is 0 Å². The van der Waals surface area contributed by atoms with Crippen molar-refractivity contribution >= 4 is 5.69 Å². The fourth-order valence-corrected chi connectivity index (χ4v) is 2.03. The van der Waals surface area contributed by atoms with Crippen LogP contribution in [0.25, 0.3) is 0 Å². The molecule has 2 aromatic rings. The van der Waals surface area contributed by atoms with Crippen LogP contribution in [0, 0.1) is 17.0 Å². The molecule has 2 rings (SSSR count). The van der Waals surface area contributed by atoms with Crippen molar-refractivity contribution in [2.75, 3.05) is 0 Å². The van der Waals surface area contributed by atoms with Crippen LogP contribution in [-0.2, 0) is 0 Å². The van der Waals surface area contributed by atoms with E-state index in [0.29, 0.717) is 11.5 Å². The van der Waals surface area contributed by atoms with Crippen LogP contribution >= 0.6 is 0 Å². The van der Waals surface area contributed by atoms with Crippen molar-refractivity contribution in [2.24, 2.45) is 5.73 Å². The summed E-state index contributed by atoms with van der Waals surface area (Å²) in [4.78, 5) is 10.4. The van der Waals surface area contributed by atoms with Crippen molar-refractivity contribution in [3.05, 3.63) is 63.7 Å². The molecule has 2 aromatic carbocycles. The number of rotatable bonds is 5. The second-order valence-electron chi connectivity index (χ2n) is 4.86. The first-order chi connectivity index (χ1) is 10.0. The third kappa shape index (κ3) is 3.38. The average Bonchev–Trinajstić information content (AvgIpc) is 2.49. The van der Waals surface area contributed by atoms with Gasteiger partial charge in [-0.3, -0.25) is 10.1 Å². The Hall–Kier alpha value is -2.40. The number of nitrogens with two attached hydrogens (primary N) is 1. The van der Waals surface area contributed by atoms with Crippen LogP contribution in [0.15, 0.2) is 42.5 Å². The molecule has 5 heteroatoms. The molecule has 0 heterocycles. The van der Waals surface area contributed by atoms with Crippen LogP contribution in [0.5, 0.6) is 11.5 Å². The van der Waals surface area contributed by atoms with Gasteiger partial charge in [-0.25, -0.2) is 0 Å². The predicted octanol–water partition coefficient (Wildman–Crippen LogP) is 4.11. The Morgan fingerprint density at radius 1 is 1.24 bits per heavy atom. The minimum Gasteiger partial charge on any atom is -0.456 e. The summed E-state index contributed by atoms with van der Waals surface area (Å²) in [6, 6.07) is 11.9. The smallest absolute Gasteiger partial charge is 0.273 e. The Kier molecular flexibility index (Phi) is 4.55. The second kappa shape index (κ2) is 6.37. The first-order valence-electron chi connectivity index (χ1n) is 6.80. The maximum absolute atomic E-state index is 10.9. The van der Waals surface area contributed by atoms with Crippen molar-refractivity contribution in [2.45, 2.75) is 26.3 Å². The number of hydrogen-bond donors (Lipinski definition) is 1. The highest BCUT2D eigenvalue weighted by Gasteiger charge is 2.14. The van der Waals surface area contributed by atoms with Crippen molar-refractivity contribution in [1.82, 2.24) is 0 Å². The molecule has 0 aromatic heterocycles. The van der Waals surface area contributed by atoms with E-state index in [-0.39, 0.29) is 11.7 Å². The summed E-state index contributed by atoms with van der Waals surface area (Å²) in [5.41, 5.74) is 7.81. The molecule has 0 amide bonds. The van der Waals surface area contributed by atoms with E-state index < -0.39 is 4.92 Å². The van der Waals surface area contributed by atoms with Crippen molar-refractivity contribution < 1.29 is 9.66 Å². The van der Waals surface area contributed by atoms with Crippen LogP contribution in [0.4, 0.5) is 5.69 Å². The lowest BCUT2D eigenvalue weighted by molar-refractivity contribution is -0.384. The highest BCUT2D eigenvalue weighted by molar-refractivity contribution is 5.47. The number of nitrogens with zero attached hydrogens (tertiary/aromatic N) is 1. The van der Waals surface area contributed by atoms with Gasteiger partial charge in [-0.15, -0.1) is 0 Å². The summed E-state index contributed by atoms with van der Waals surface area (Å²) in [6.07, 6.45) is 0.786. The largest absolute Gasteiger partial charge is 0.456 e. The van der Waals surface area contributed by atoms with Gasteiger partial charge in [-0.2, -0.15) is 0 Å². The van der Waals surface area contributed by atoms with E-state index in [1.807, 2.05) is 38.1 Å². The second-order valence-corrected chi connectivity index (χ2v) is 4.86. The number of benzene rings is 2. The number of nitro benzene ring substituents is 1. The fraction of sp³-hybridized carbons (Fsp3) is 0.250. The molecular weight excluding hydrogens is 268 g/mol. The van der Waals surface area contributed by atoms with Crippen molar-refractivity contribution in [3.8, 4) is 11.5 Å². The highest BCUT2D eigenvalue weighted by Crippen LogP contribution is 2.33. The van der Waals surface area contributed by atoms with Gasteiger partial charge in [-0.05, 0) is 31.0 Å². The molecular formula is C16H18N2O3. The Morgan fingerprint density at radius 2 is 1.95 bits per heavy atom. The Bertz CT molecular complexity index is 656. The van der Waals surface area contributed by atoms with Gasteiger partial charge in [0.15, 0.2) is 0 Å². The first-order valence-corrected chi connectivity index (χ1v) is 6.80. The van der Waals surface area contributed by atoms with E-state index in [2.05, 4.69) is 0 Å². The predicted molar refractivity (Wildman–Crippen MR) is 81.6 cm³/mol. The van der Waals surface area contributed by atoms with Crippen molar-refractivity contribution in [1.29, 1.82) is 0 Å². The Labute approximate surface area is 123 Å². The minimum absolute atomic E-state index is 0.00729. The average molecular weight is 286 g/mol. The zero-order valence-corrected chi connectivity index (χ0v) is 12.1. The normalized spacial score (nSPS) is 12.0. The third-order valence-corrected chi connectivity index (χ3v) is 3.36. The first kappa shape index (κ1) is 15.0. The molecule has 0 radical (unpaired) electrons. The topological polar surface area (TPSA) is 78.4 Å². The monoisotopic (exact) mass is 286 g/mol. The van der Waals surface area contributed by atoms with Gasteiger partial charge in [0, 0.05) is 17.7 Å². The maximum atomic E-state index is 10.9. The summed E-state index contributed by atoms with van der Waals surface area (Å²) < 4.78 is 5.87. The number of ether oxygens (including phenoxy) is 1. The molecule has 2 N–H and O–H groups in total. The molecule has 0 fully saturated rings. The van der Waals surface area contributed by atoms with Gasteiger partial charge >= 0.3 is 0 Å². The van der Waals surface area contributed by atoms with Crippen LogP contribution < -0.4 is 10.5 Å². The fourth-order valence-electron chi connectivity index (χ4n) is 2.03. The van der Waals surface area contributed by atoms with Gasteiger partial charge < -0.3 is 10.5 Å². The van der Waals surface area contributed by atoms with E-state index >= 15 is 0 Å². The third-order valence-electron chi connectivity index (χ3n) is 3.36. The molecule has 0 unspecified atom stereocenters. The lowest BCUT2D eigenvalue weighted by atomic mass is 10.0. The summed E-state index contributed by atoms with van der Waals surface area (Å²) in [5, 5.41) is 10.9. The van der Waals surface area contributed by atoms with Gasteiger partial charge in [0.2, 0.25) is 0 Å². The molecule has 1 atom stereocenters. The molecule has 0 aliphatic heterocycles. The van der Waals surface area contributed by atoms with E-state index in [0.717, 1.165) is 17.5 Å². The van der Waals surface area contributed by atoms with E-state index in [4.69, 9.17) is 10.5 Å².